The zero-order valence-corrected chi connectivity index (χ0v) is 15.5. The van der Waals surface area contributed by atoms with Crippen molar-refractivity contribution < 1.29 is 4.79 Å². The molecule has 0 bridgehead atoms. The molecule has 2 heterocycles. The first-order valence-corrected chi connectivity index (χ1v) is 9.02. The first-order valence-electron chi connectivity index (χ1n) is 7.80. The van der Waals surface area contributed by atoms with Crippen LogP contribution in [0.2, 0.25) is 0 Å². The molecule has 24 heavy (non-hydrogen) atoms. The zero-order valence-electron chi connectivity index (χ0n) is 14.7. The highest BCUT2D eigenvalue weighted by Crippen LogP contribution is 2.14. The molecule has 2 rings (SSSR count). The Morgan fingerprint density at radius 2 is 2.12 bits per heavy atom. The molecular formula is C16H23N5O2S. The number of nitrogens with zero attached hydrogens (tertiary/aromatic N) is 4. The van der Waals surface area contributed by atoms with Crippen molar-refractivity contribution in [2.45, 2.75) is 38.9 Å². The summed E-state index contributed by atoms with van der Waals surface area (Å²) in [6, 6.07) is 1.79. The van der Waals surface area contributed by atoms with Crippen molar-refractivity contribution in [3.8, 4) is 0 Å². The predicted octanol–water partition coefficient (Wildman–Crippen LogP) is 2.31. The summed E-state index contributed by atoms with van der Waals surface area (Å²) < 4.78 is 3.17. The van der Waals surface area contributed by atoms with Crippen molar-refractivity contribution in [1.29, 1.82) is 0 Å². The molecule has 0 aliphatic rings. The van der Waals surface area contributed by atoms with Gasteiger partial charge in [-0.1, -0.05) is 25.6 Å². The van der Waals surface area contributed by atoms with Gasteiger partial charge in [-0.2, -0.15) is 4.98 Å². The Labute approximate surface area is 145 Å². The van der Waals surface area contributed by atoms with Gasteiger partial charge in [-0.3, -0.25) is 14.9 Å². The van der Waals surface area contributed by atoms with Crippen molar-refractivity contribution in [3.05, 3.63) is 33.7 Å². The fourth-order valence-corrected chi connectivity index (χ4v) is 2.76. The maximum absolute atomic E-state index is 12.6. The quantitative estimate of drug-likeness (QED) is 0.809. The van der Waals surface area contributed by atoms with E-state index in [0.717, 1.165) is 6.42 Å². The lowest BCUT2D eigenvalue weighted by Crippen LogP contribution is -2.30. The number of thioether (sulfide) groups is 1. The van der Waals surface area contributed by atoms with E-state index in [1.807, 2.05) is 6.26 Å². The second-order valence-corrected chi connectivity index (χ2v) is 6.83. The molecule has 1 amide bonds. The highest BCUT2D eigenvalue weighted by Gasteiger charge is 2.18. The van der Waals surface area contributed by atoms with E-state index < -0.39 is 5.91 Å². The lowest BCUT2D eigenvalue weighted by molar-refractivity contribution is 0.102. The monoisotopic (exact) mass is 349 g/mol. The molecule has 0 radical (unpaired) electrons. The van der Waals surface area contributed by atoms with Crippen molar-refractivity contribution in [3.63, 3.8) is 0 Å². The molecule has 0 aliphatic heterocycles. The summed E-state index contributed by atoms with van der Waals surface area (Å²) in [6.45, 7) is 6.55. The molecule has 7 nitrogen and oxygen atoms in total. The third kappa shape index (κ3) is 4.05. The van der Waals surface area contributed by atoms with E-state index in [1.165, 1.54) is 11.8 Å². The number of amides is 1. The van der Waals surface area contributed by atoms with Gasteiger partial charge in [0.1, 0.15) is 5.56 Å². The summed E-state index contributed by atoms with van der Waals surface area (Å²) in [7, 11) is 1.75. The molecular weight excluding hydrogens is 326 g/mol. The summed E-state index contributed by atoms with van der Waals surface area (Å²) in [5, 5.41) is 7.44. The van der Waals surface area contributed by atoms with Crippen molar-refractivity contribution in [2.75, 3.05) is 11.6 Å². The zero-order chi connectivity index (χ0) is 17.9. The largest absolute Gasteiger partial charge is 0.315 e. The minimum Gasteiger partial charge on any atom is -0.315 e. The van der Waals surface area contributed by atoms with Crippen LogP contribution in [0.4, 0.5) is 5.95 Å². The number of aryl methyl sites for hydroxylation is 3. The molecule has 0 fully saturated rings. The van der Waals surface area contributed by atoms with E-state index in [4.69, 9.17) is 0 Å². The molecule has 130 valence electrons. The van der Waals surface area contributed by atoms with Crippen LogP contribution in [0, 0.1) is 12.8 Å². The topological polar surface area (TPSA) is 81.8 Å². The number of hydrogen-bond acceptors (Lipinski definition) is 5. The van der Waals surface area contributed by atoms with Crippen molar-refractivity contribution in [2.24, 2.45) is 13.0 Å². The maximum atomic E-state index is 12.6. The van der Waals surface area contributed by atoms with Crippen LogP contribution in [0.3, 0.4) is 0 Å². The van der Waals surface area contributed by atoms with Crippen LogP contribution < -0.4 is 10.9 Å². The normalized spacial score (nSPS) is 11.1. The van der Waals surface area contributed by atoms with E-state index in [-0.39, 0.29) is 17.1 Å². The number of pyridine rings is 1. The minimum atomic E-state index is -0.477. The van der Waals surface area contributed by atoms with Crippen LogP contribution in [0.5, 0.6) is 0 Å². The molecule has 0 saturated heterocycles. The fraction of sp³-hybridized carbons (Fsp3) is 0.500. The second-order valence-electron chi connectivity index (χ2n) is 6.05. The van der Waals surface area contributed by atoms with Crippen LogP contribution in [-0.4, -0.2) is 31.5 Å². The molecule has 0 spiro atoms. The Bertz CT molecular complexity index is 794. The van der Waals surface area contributed by atoms with E-state index in [9.17, 15) is 9.59 Å². The second kappa shape index (κ2) is 7.65. The Morgan fingerprint density at radius 3 is 2.71 bits per heavy atom. The molecule has 0 unspecified atom stereocenters. The molecule has 0 aliphatic carbocycles. The van der Waals surface area contributed by atoms with Crippen LogP contribution in [0.15, 0.2) is 22.2 Å². The Morgan fingerprint density at radius 1 is 1.42 bits per heavy atom. The summed E-state index contributed by atoms with van der Waals surface area (Å²) in [5.74, 6) is 0.205. The Kier molecular flexibility index (Phi) is 5.82. The number of rotatable bonds is 6. The van der Waals surface area contributed by atoms with Gasteiger partial charge in [0.25, 0.3) is 11.5 Å². The van der Waals surface area contributed by atoms with Gasteiger partial charge in [-0.25, -0.2) is 4.68 Å². The number of aromatic nitrogens is 4. The first kappa shape index (κ1) is 18.3. The maximum Gasteiger partial charge on any atom is 0.263 e. The number of anilines is 1. The van der Waals surface area contributed by atoms with E-state index >= 15 is 0 Å². The van der Waals surface area contributed by atoms with Gasteiger partial charge in [0, 0.05) is 19.8 Å². The van der Waals surface area contributed by atoms with Crippen LogP contribution in [0.1, 0.15) is 36.2 Å². The summed E-state index contributed by atoms with van der Waals surface area (Å²) in [4.78, 5) is 29.4. The highest BCUT2D eigenvalue weighted by atomic mass is 32.2. The van der Waals surface area contributed by atoms with E-state index in [2.05, 4.69) is 29.2 Å². The average molecular weight is 349 g/mol. The molecule has 2 aromatic rings. The highest BCUT2D eigenvalue weighted by molar-refractivity contribution is 7.98. The first-order chi connectivity index (χ1) is 11.3. The standard InChI is InChI=1S/C16H23N5O2S/c1-10(2)6-8-21-9-7-11(3)12(14(21)23)13(22)17-15-18-16(24-5)20(4)19-15/h7,9-10H,6,8H2,1-5H3,(H,17,19,22). The van der Waals surface area contributed by atoms with Gasteiger partial charge in [-0.15, -0.1) is 5.10 Å². The molecule has 2 aromatic heterocycles. The van der Waals surface area contributed by atoms with Gasteiger partial charge in [0.15, 0.2) is 5.16 Å². The Balaban J connectivity index is 2.27. The number of carbonyl (C=O) groups is 1. The number of carbonyl (C=O) groups excluding carboxylic acids is 1. The SMILES string of the molecule is CSc1nc(NC(=O)c2c(C)ccn(CCC(C)C)c2=O)nn1C. The van der Waals surface area contributed by atoms with Gasteiger partial charge < -0.3 is 4.57 Å². The third-order valence-electron chi connectivity index (χ3n) is 3.68. The van der Waals surface area contributed by atoms with Crippen LogP contribution in [-0.2, 0) is 13.6 Å². The van der Waals surface area contributed by atoms with E-state index in [0.29, 0.717) is 23.2 Å². The summed E-state index contributed by atoms with van der Waals surface area (Å²) >= 11 is 1.43. The van der Waals surface area contributed by atoms with Gasteiger partial charge >= 0.3 is 0 Å². The van der Waals surface area contributed by atoms with Crippen LogP contribution >= 0.6 is 11.8 Å². The minimum absolute atomic E-state index is 0.138. The van der Waals surface area contributed by atoms with Crippen molar-refractivity contribution >= 4 is 23.6 Å². The van der Waals surface area contributed by atoms with Gasteiger partial charge in [0.05, 0.1) is 0 Å². The molecule has 0 atom stereocenters. The number of nitrogens with one attached hydrogen (secondary N) is 1. The molecule has 0 aromatic carbocycles. The van der Waals surface area contributed by atoms with Gasteiger partial charge in [0.2, 0.25) is 5.95 Å². The smallest absolute Gasteiger partial charge is 0.263 e. The summed E-state index contributed by atoms with van der Waals surface area (Å²) in [6.07, 6.45) is 4.49. The van der Waals surface area contributed by atoms with Crippen LogP contribution in [0.25, 0.3) is 0 Å². The Hall–Kier alpha value is -2.09. The average Bonchev–Trinajstić information content (AvgIpc) is 2.86. The third-order valence-corrected chi connectivity index (χ3v) is 4.40. The fourth-order valence-electron chi connectivity index (χ4n) is 2.28. The lowest BCUT2D eigenvalue weighted by Gasteiger charge is -2.11. The molecule has 1 N–H and O–H groups in total. The lowest BCUT2D eigenvalue weighted by atomic mass is 10.1. The molecule has 8 heteroatoms. The van der Waals surface area contributed by atoms with Crippen molar-refractivity contribution in [1.82, 2.24) is 19.3 Å². The van der Waals surface area contributed by atoms with Gasteiger partial charge in [-0.05, 0) is 37.1 Å². The van der Waals surface area contributed by atoms with E-state index in [1.54, 1.807) is 35.5 Å². The molecule has 0 saturated carbocycles. The summed E-state index contributed by atoms with van der Waals surface area (Å²) in [5.41, 5.74) is 0.493. The number of hydrogen-bond donors (Lipinski definition) is 1. The predicted molar refractivity (Wildman–Crippen MR) is 95.6 cm³/mol.